The molecular weight excluding hydrogens is 368 g/mol. The summed E-state index contributed by atoms with van der Waals surface area (Å²) in [6.45, 7) is 7.93. The number of carbonyl (C=O) groups excluding carboxylic acids is 2. The first-order valence-electron chi connectivity index (χ1n) is 9.66. The number of ether oxygens (including phenoxy) is 1. The van der Waals surface area contributed by atoms with Crippen LogP contribution in [0.25, 0.3) is 0 Å². The molecule has 2 rings (SSSR count). The summed E-state index contributed by atoms with van der Waals surface area (Å²) in [5, 5.41) is 8.64. The second-order valence-electron chi connectivity index (χ2n) is 7.74. The molecule has 7 heteroatoms. The van der Waals surface area contributed by atoms with Crippen LogP contribution in [-0.2, 0) is 17.7 Å². The molecule has 1 aromatic heterocycles. The van der Waals surface area contributed by atoms with Crippen LogP contribution >= 0.6 is 0 Å². The van der Waals surface area contributed by atoms with Gasteiger partial charge in [0.15, 0.2) is 0 Å². The average molecular weight is 399 g/mol. The van der Waals surface area contributed by atoms with Crippen molar-refractivity contribution in [2.24, 2.45) is 0 Å². The van der Waals surface area contributed by atoms with Gasteiger partial charge in [0.25, 0.3) is 5.91 Å². The van der Waals surface area contributed by atoms with Gasteiger partial charge in [0.05, 0.1) is 5.56 Å². The second kappa shape index (κ2) is 9.91. The van der Waals surface area contributed by atoms with Crippen LogP contribution in [-0.4, -0.2) is 36.2 Å². The van der Waals surface area contributed by atoms with Crippen LogP contribution in [0.5, 0.6) is 0 Å². The lowest BCUT2D eigenvalue weighted by Crippen LogP contribution is -2.34. The van der Waals surface area contributed by atoms with Crippen molar-refractivity contribution < 1.29 is 14.3 Å². The molecule has 0 bridgehead atoms. The average Bonchev–Trinajstić information content (AvgIpc) is 2.66. The van der Waals surface area contributed by atoms with Gasteiger partial charge in [0.2, 0.25) is 0 Å². The summed E-state index contributed by atoms with van der Waals surface area (Å²) in [4.78, 5) is 29.3. The molecule has 29 heavy (non-hydrogen) atoms. The van der Waals surface area contributed by atoms with Crippen molar-refractivity contribution in [3.8, 4) is 0 Å². The van der Waals surface area contributed by atoms with E-state index in [1.807, 2.05) is 37.3 Å². The molecule has 0 aliphatic carbocycles. The molecule has 2 amide bonds. The molecular formula is C22H30N4O3. The van der Waals surface area contributed by atoms with Gasteiger partial charge in [-0.05, 0) is 50.8 Å². The summed E-state index contributed by atoms with van der Waals surface area (Å²) in [5.74, 6) is 0.233. The van der Waals surface area contributed by atoms with Crippen molar-refractivity contribution in [3.63, 3.8) is 0 Å². The lowest BCUT2D eigenvalue weighted by molar-refractivity contribution is 0.0522. The molecule has 3 N–H and O–H groups in total. The van der Waals surface area contributed by atoms with Gasteiger partial charge in [0, 0.05) is 26.3 Å². The number of benzene rings is 1. The first kappa shape index (κ1) is 22.2. The van der Waals surface area contributed by atoms with E-state index in [4.69, 9.17) is 4.74 Å². The Kier molecular flexibility index (Phi) is 7.59. The van der Waals surface area contributed by atoms with Gasteiger partial charge >= 0.3 is 6.09 Å². The number of nitrogens with one attached hydrogen (secondary N) is 3. The zero-order valence-electron chi connectivity index (χ0n) is 17.8. The van der Waals surface area contributed by atoms with Crippen LogP contribution in [0.4, 0.5) is 10.6 Å². The number of aromatic nitrogens is 1. The van der Waals surface area contributed by atoms with E-state index >= 15 is 0 Å². The third-order valence-electron chi connectivity index (χ3n) is 4.22. The van der Waals surface area contributed by atoms with Gasteiger partial charge in [-0.2, -0.15) is 0 Å². The Morgan fingerprint density at radius 2 is 1.79 bits per heavy atom. The van der Waals surface area contributed by atoms with Crippen LogP contribution in [0.15, 0.2) is 36.5 Å². The number of alkyl carbamates (subject to hydrolysis) is 1. The van der Waals surface area contributed by atoms with Crippen LogP contribution in [0.3, 0.4) is 0 Å². The molecule has 1 aromatic carbocycles. The summed E-state index contributed by atoms with van der Waals surface area (Å²) >= 11 is 0. The highest BCUT2D eigenvalue weighted by atomic mass is 16.6. The Labute approximate surface area is 172 Å². The van der Waals surface area contributed by atoms with Crippen LogP contribution in [0, 0.1) is 6.92 Å². The van der Waals surface area contributed by atoms with Crippen molar-refractivity contribution >= 4 is 17.8 Å². The first-order valence-corrected chi connectivity index (χ1v) is 9.66. The van der Waals surface area contributed by atoms with Gasteiger partial charge in [-0.25, -0.2) is 9.78 Å². The van der Waals surface area contributed by atoms with E-state index in [0.717, 1.165) is 17.5 Å². The van der Waals surface area contributed by atoms with E-state index in [1.54, 1.807) is 34.0 Å². The summed E-state index contributed by atoms with van der Waals surface area (Å²) in [6.07, 6.45) is 1.88. The number of hydrogen-bond acceptors (Lipinski definition) is 5. The molecule has 0 spiro atoms. The summed E-state index contributed by atoms with van der Waals surface area (Å²) in [6, 6.07) is 9.96. The molecule has 0 fully saturated rings. The maximum atomic E-state index is 12.9. The molecule has 0 radical (unpaired) electrons. The molecule has 156 valence electrons. The third-order valence-corrected chi connectivity index (χ3v) is 4.22. The van der Waals surface area contributed by atoms with E-state index in [1.165, 1.54) is 0 Å². The molecule has 0 atom stereocenters. The molecule has 0 aliphatic rings. The number of aryl methyl sites for hydroxylation is 1. The SMILES string of the molecule is CNc1ncc(C)c(CNC(=O)OC(C)(C)C)c1C(=O)NCCc1ccccc1. The Hall–Kier alpha value is -3.09. The lowest BCUT2D eigenvalue weighted by atomic mass is 10.0. The highest BCUT2D eigenvalue weighted by Gasteiger charge is 2.21. The molecule has 0 saturated carbocycles. The largest absolute Gasteiger partial charge is 0.444 e. The van der Waals surface area contributed by atoms with Gasteiger partial charge in [-0.3, -0.25) is 4.79 Å². The van der Waals surface area contributed by atoms with Gasteiger partial charge < -0.3 is 20.7 Å². The molecule has 1 heterocycles. The number of nitrogens with zero attached hydrogens (tertiary/aromatic N) is 1. The summed E-state index contributed by atoms with van der Waals surface area (Å²) in [7, 11) is 1.71. The van der Waals surface area contributed by atoms with Crippen molar-refractivity contribution in [3.05, 3.63) is 58.8 Å². The van der Waals surface area contributed by atoms with Gasteiger partial charge in [0.1, 0.15) is 11.4 Å². The van der Waals surface area contributed by atoms with Crippen molar-refractivity contribution in [1.29, 1.82) is 0 Å². The zero-order valence-corrected chi connectivity index (χ0v) is 17.8. The monoisotopic (exact) mass is 398 g/mol. The second-order valence-corrected chi connectivity index (χ2v) is 7.74. The summed E-state index contributed by atoms with van der Waals surface area (Å²) < 4.78 is 5.29. The number of rotatable bonds is 7. The highest BCUT2D eigenvalue weighted by molar-refractivity contribution is 6.00. The quantitative estimate of drug-likeness (QED) is 0.665. The van der Waals surface area contributed by atoms with E-state index in [9.17, 15) is 9.59 Å². The van der Waals surface area contributed by atoms with Crippen LogP contribution < -0.4 is 16.0 Å². The van der Waals surface area contributed by atoms with Crippen molar-refractivity contribution in [2.75, 3.05) is 18.9 Å². The standard InChI is InChI=1S/C22H30N4O3/c1-15-13-25-19(23-5)18(17(15)14-26-21(28)29-22(2,3)4)20(27)24-12-11-16-9-7-6-8-10-16/h6-10,13H,11-12,14H2,1-5H3,(H,23,25)(H,24,27)(H,26,28). The minimum atomic E-state index is -0.592. The number of pyridine rings is 1. The Balaban J connectivity index is 2.13. The molecule has 0 unspecified atom stereocenters. The first-order chi connectivity index (χ1) is 13.7. The zero-order chi connectivity index (χ0) is 21.4. The summed E-state index contributed by atoms with van der Waals surface area (Å²) in [5.41, 5.74) is 2.50. The topological polar surface area (TPSA) is 92.3 Å². The highest BCUT2D eigenvalue weighted by Crippen LogP contribution is 2.21. The lowest BCUT2D eigenvalue weighted by Gasteiger charge is -2.21. The van der Waals surface area contributed by atoms with Gasteiger partial charge in [-0.1, -0.05) is 30.3 Å². The fourth-order valence-electron chi connectivity index (χ4n) is 2.83. The van der Waals surface area contributed by atoms with E-state index in [2.05, 4.69) is 20.9 Å². The third kappa shape index (κ3) is 6.78. The number of carbonyl (C=O) groups is 2. The van der Waals surface area contributed by atoms with E-state index in [-0.39, 0.29) is 12.5 Å². The maximum absolute atomic E-state index is 12.9. The fourth-order valence-corrected chi connectivity index (χ4v) is 2.83. The Morgan fingerprint density at radius 3 is 2.41 bits per heavy atom. The predicted molar refractivity (Wildman–Crippen MR) is 114 cm³/mol. The predicted octanol–water partition coefficient (Wildman–Crippen LogP) is 3.43. The maximum Gasteiger partial charge on any atom is 0.407 e. The minimum absolute atomic E-state index is 0.166. The molecule has 7 nitrogen and oxygen atoms in total. The van der Waals surface area contributed by atoms with Crippen LogP contribution in [0.2, 0.25) is 0 Å². The van der Waals surface area contributed by atoms with E-state index in [0.29, 0.717) is 23.5 Å². The number of anilines is 1. The van der Waals surface area contributed by atoms with E-state index < -0.39 is 11.7 Å². The molecule has 0 saturated heterocycles. The Bertz CT molecular complexity index is 845. The molecule has 0 aliphatic heterocycles. The smallest absolute Gasteiger partial charge is 0.407 e. The van der Waals surface area contributed by atoms with Crippen LogP contribution in [0.1, 0.15) is 47.8 Å². The Morgan fingerprint density at radius 1 is 1.10 bits per heavy atom. The normalized spacial score (nSPS) is 10.9. The van der Waals surface area contributed by atoms with Crippen molar-refractivity contribution in [2.45, 2.75) is 46.3 Å². The van der Waals surface area contributed by atoms with Crippen molar-refractivity contribution in [1.82, 2.24) is 15.6 Å². The van der Waals surface area contributed by atoms with Gasteiger partial charge in [-0.15, -0.1) is 0 Å². The number of amides is 2. The fraction of sp³-hybridized carbons (Fsp3) is 0.409. The minimum Gasteiger partial charge on any atom is -0.444 e. The number of hydrogen-bond donors (Lipinski definition) is 3. The molecule has 2 aromatic rings.